The monoisotopic (exact) mass is 258 g/mol. The molecule has 0 nitrogen and oxygen atoms in total. The maximum Gasteiger partial charge on any atom is -0.0276 e. The molecule has 1 aromatic rings. The molecule has 0 aromatic heterocycles. The summed E-state index contributed by atoms with van der Waals surface area (Å²) in [7, 11) is 0. The molecule has 0 radical (unpaired) electrons. The first-order valence-electron chi connectivity index (χ1n) is 8.51. The van der Waals surface area contributed by atoms with Crippen molar-refractivity contribution < 1.29 is 0 Å². The molecule has 106 valence electrons. The molecule has 0 spiro atoms. The summed E-state index contributed by atoms with van der Waals surface area (Å²) < 4.78 is 0. The Morgan fingerprint density at radius 3 is 1.95 bits per heavy atom. The fourth-order valence-corrected chi connectivity index (χ4v) is 3.29. The third-order valence-corrected chi connectivity index (χ3v) is 4.56. The molecule has 0 amide bonds. The summed E-state index contributed by atoms with van der Waals surface area (Å²) in [4.78, 5) is 0. The van der Waals surface area contributed by atoms with Crippen LogP contribution in [0.15, 0.2) is 18.2 Å². The summed E-state index contributed by atoms with van der Waals surface area (Å²) in [5.74, 6) is 0. The summed E-state index contributed by atoms with van der Waals surface area (Å²) in [6, 6.07) is 7.27. The number of rotatable bonds is 1. The molecule has 0 aliphatic heterocycles. The number of aryl methyl sites for hydroxylation is 3. The second-order valence-corrected chi connectivity index (χ2v) is 6.14. The topological polar surface area (TPSA) is 0 Å². The molecular weight excluding hydrogens is 228 g/mol. The van der Waals surface area contributed by atoms with Gasteiger partial charge in [-0.3, -0.25) is 0 Å². The van der Waals surface area contributed by atoms with Gasteiger partial charge in [0, 0.05) is 0 Å². The predicted molar refractivity (Wildman–Crippen MR) is 84.8 cm³/mol. The van der Waals surface area contributed by atoms with Crippen LogP contribution in [0.4, 0.5) is 0 Å². The van der Waals surface area contributed by atoms with Crippen LogP contribution in [0.1, 0.15) is 81.4 Å². The molecule has 0 heteroatoms. The predicted octanol–water partition coefficient (Wildman–Crippen LogP) is 5.86. The van der Waals surface area contributed by atoms with Gasteiger partial charge in [0.1, 0.15) is 0 Å². The van der Waals surface area contributed by atoms with Gasteiger partial charge in [0.15, 0.2) is 0 Å². The molecule has 0 fully saturated rings. The molecule has 2 bridgehead atoms. The van der Waals surface area contributed by atoms with Crippen LogP contribution in [0.25, 0.3) is 0 Å². The van der Waals surface area contributed by atoms with Crippen LogP contribution >= 0.6 is 0 Å². The third kappa shape index (κ3) is 5.01. The standard InChI is InChI=1S/C19H30/c1-2-18-16-17-12-10-8-6-4-3-5-7-9-11-13-19(18)15-14-17/h14-16H,2-13H2,1H3. The summed E-state index contributed by atoms with van der Waals surface area (Å²) in [5.41, 5.74) is 4.78. The number of hydrogen-bond acceptors (Lipinski definition) is 0. The molecule has 0 atom stereocenters. The van der Waals surface area contributed by atoms with E-state index < -0.39 is 0 Å². The maximum absolute atomic E-state index is 2.48. The molecule has 0 saturated heterocycles. The first kappa shape index (κ1) is 14.6. The Hall–Kier alpha value is -0.780. The molecule has 0 heterocycles. The van der Waals surface area contributed by atoms with Crippen molar-refractivity contribution in [3.8, 4) is 0 Å². The minimum absolute atomic E-state index is 1.20. The molecular formula is C19H30. The Balaban J connectivity index is 2.02. The highest BCUT2D eigenvalue weighted by molar-refractivity contribution is 5.32. The highest BCUT2D eigenvalue weighted by atomic mass is 14.1. The van der Waals surface area contributed by atoms with E-state index in [4.69, 9.17) is 0 Å². The Labute approximate surface area is 119 Å². The molecule has 1 aromatic carbocycles. The molecule has 0 N–H and O–H groups in total. The Morgan fingerprint density at radius 2 is 1.32 bits per heavy atom. The zero-order valence-electron chi connectivity index (χ0n) is 12.7. The quantitative estimate of drug-likeness (QED) is 0.592. The molecule has 2 aliphatic rings. The Bertz CT molecular complexity index is 364. The van der Waals surface area contributed by atoms with Crippen molar-refractivity contribution >= 4 is 0 Å². The van der Waals surface area contributed by atoms with Crippen LogP contribution in [-0.2, 0) is 19.3 Å². The SMILES string of the molecule is CCc1cc2ccc1CCCCCCCCCCC2. The van der Waals surface area contributed by atoms with Gasteiger partial charge in [0.25, 0.3) is 0 Å². The van der Waals surface area contributed by atoms with Gasteiger partial charge in [0.05, 0.1) is 0 Å². The van der Waals surface area contributed by atoms with E-state index in [2.05, 4.69) is 25.1 Å². The lowest BCUT2D eigenvalue weighted by molar-refractivity contribution is 0.559. The van der Waals surface area contributed by atoms with Gasteiger partial charge < -0.3 is 0 Å². The van der Waals surface area contributed by atoms with Crippen LogP contribution in [0, 0.1) is 0 Å². The zero-order chi connectivity index (χ0) is 13.3. The van der Waals surface area contributed by atoms with Crippen molar-refractivity contribution in [3.63, 3.8) is 0 Å². The molecule has 3 rings (SSSR count). The van der Waals surface area contributed by atoms with Gasteiger partial charge in [-0.05, 0) is 48.8 Å². The van der Waals surface area contributed by atoms with Crippen molar-refractivity contribution in [2.24, 2.45) is 0 Å². The number of fused-ring (bicyclic) bond motifs is 12. The molecule has 0 saturated carbocycles. The minimum atomic E-state index is 1.20. The van der Waals surface area contributed by atoms with Crippen molar-refractivity contribution in [1.82, 2.24) is 0 Å². The van der Waals surface area contributed by atoms with Crippen LogP contribution in [-0.4, -0.2) is 0 Å². The van der Waals surface area contributed by atoms with Crippen LogP contribution in [0.2, 0.25) is 0 Å². The lowest BCUT2D eigenvalue weighted by Gasteiger charge is -2.10. The van der Waals surface area contributed by atoms with Crippen LogP contribution in [0.3, 0.4) is 0 Å². The van der Waals surface area contributed by atoms with Gasteiger partial charge in [-0.25, -0.2) is 0 Å². The van der Waals surface area contributed by atoms with E-state index in [-0.39, 0.29) is 0 Å². The first-order valence-corrected chi connectivity index (χ1v) is 8.51. The zero-order valence-corrected chi connectivity index (χ0v) is 12.7. The van der Waals surface area contributed by atoms with Crippen molar-refractivity contribution in [2.75, 3.05) is 0 Å². The highest BCUT2D eigenvalue weighted by Crippen LogP contribution is 2.19. The van der Waals surface area contributed by atoms with Crippen molar-refractivity contribution in [1.29, 1.82) is 0 Å². The summed E-state index contributed by atoms with van der Waals surface area (Å²) in [6.45, 7) is 2.30. The van der Waals surface area contributed by atoms with Gasteiger partial charge in [0.2, 0.25) is 0 Å². The largest absolute Gasteiger partial charge is 0.0613 e. The second kappa shape index (κ2) is 8.40. The third-order valence-electron chi connectivity index (χ3n) is 4.56. The maximum atomic E-state index is 2.48. The fourth-order valence-electron chi connectivity index (χ4n) is 3.29. The van der Waals surface area contributed by atoms with E-state index in [9.17, 15) is 0 Å². The molecule has 19 heavy (non-hydrogen) atoms. The normalized spacial score (nSPS) is 18.8. The van der Waals surface area contributed by atoms with E-state index in [1.54, 1.807) is 16.7 Å². The highest BCUT2D eigenvalue weighted by Gasteiger charge is 2.04. The lowest BCUT2D eigenvalue weighted by atomic mass is 9.95. The summed E-state index contributed by atoms with van der Waals surface area (Å²) in [5, 5.41) is 0. The summed E-state index contributed by atoms with van der Waals surface area (Å²) in [6.07, 6.45) is 16.6. The van der Waals surface area contributed by atoms with Crippen LogP contribution in [0.5, 0.6) is 0 Å². The van der Waals surface area contributed by atoms with Gasteiger partial charge in [-0.15, -0.1) is 0 Å². The molecule has 0 unspecified atom stereocenters. The fraction of sp³-hybridized carbons (Fsp3) is 0.684. The van der Waals surface area contributed by atoms with Crippen molar-refractivity contribution in [2.45, 2.75) is 84.0 Å². The number of hydrogen-bond donors (Lipinski definition) is 0. The Kier molecular flexibility index (Phi) is 6.47. The van der Waals surface area contributed by atoms with Crippen molar-refractivity contribution in [3.05, 3.63) is 34.9 Å². The van der Waals surface area contributed by atoms with Gasteiger partial charge in [-0.1, -0.05) is 70.1 Å². The van der Waals surface area contributed by atoms with E-state index >= 15 is 0 Å². The van der Waals surface area contributed by atoms with E-state index in [1.807, 2.05) is 0 Å². The van der Waals surface area contributed by atoms with Gasteiger partial charge in [-0.2, -0.15) is 0 Å². The summed E-state index contributed by atoms with van der Waals surface area (Å²) >= 11 is 0. The average molecular weight is 258 g/mol. The minimum Gasteiger partial charge on any atom is -0.0613 e. The van der Waals surface area contributed by atoms with E-state index in [0.29, 0.717) is 0 Å². The average Bonchev–Trinajstić information content (AvgIpc) is 2.46. The van der Waals surface area contributed by atoms with E-state index in [1.165, 1.54) is 77.0 Å². The first-order chi connectivity index (χ1) is 9.40. The van der Waals surface area contributed by atoms with Crippen LogP contribution < -0.4 is 0 Å². The number of benzene rings is 1. The van der Waals surface area contributed by atoms with Gasteiger partial charge >= 0.3 is 0 Å². The second-order valence-electron chi connectivity index (χ2n) is 6.14. The smallest absolute Gasteiger partial charge is 0.0276 e. The van der Waals surface area contributed by atoms with E-state index in [0.717, 1.165) is 0 Å². The molecule has 2 aliphatic carbocycles. The lowest BCUT2D eigenvalue weighted by Crippen LogP contribution is -1.96. The Morgan fingerprint density at radius 1 is 0.737 bits per heavy atom.